The van der Waals surface area contributed by atoms with Gasteiger partial charge in [-0.25, -0.2) is 4.39 Å². The lowest BCUT2D eigenvalue weighted by Gasteiger charge is -2.11. The Kier molecular flexibility index (Phi) is 9.23. The number of ether oxygens (including phenoxy) is 1. The lowest BCUT2D eigenvalue weighted by atomic mass is 10.2. The van der Waals surface area contributed by atoms with E-state index in [0.717, 1.165) is 44.2 Å². The van der Waals surface area contributed by atoms with Crippen molar-refractivity contribution in [2.45, 2.75) is 58.9 Å². The standard InChI is InChI=1S/C23H30FN3O2/c1-4-6-7-8-9-10-11-15-29-21-14-12-13-18(22(21)24)17-25-23(28)20-16-19(5-2)26-27(20)3/h12-14,16H,4-5,8-11,15,17H2,1-3H3,(H,25,28). The van der Waals surface area contributed by atoms with E-state index in [1.807, 2.05) is 13.8 Å². The molecule has 0 fully saturated rings. The van der Waals surface area contributed by atoms with E-state index in [4.69, 9.17) is 4.74 Å². The van der Waals surface area contributed by atoms with Crippen molar-refractivity contribution in [3.05, 3.63) is 47.0 Å². The SMILES string of the molecule is CCC#CCCCCCOc1cccc(CNC(=O)c2cc(CC)nn2C)c1F. The van der Waals surface area contributed by atoms with E-state index in [2.05, 4.69) is 22.3 Å². The van der Waals surface area contributed by atoms with Crippen molar-refractivity contribution < 1.29 is 13.9 Å². The molecule has 5 nitrogen and oxygen atoms in total. The van der Waals surface area contributed by atoms with Crippen LogP contribution in [0, 0.1) is 17.7 Å². The number of aromatic nitrogens is 2. The highest BCUT2D eigenvalue weighted by Gasteiger charge is 2.14. The number of hydrogen-bond donors (Lipinski definition) is 1. The van der Waals surface area contributed by atoms with Gasteiger partial charge in [-0.2, -0.15) is 5.10 Å². The molecule has 0 atom stereocenters. The van der Waals surface area contributed by atoms with Gasteiger partial charge >= 0.3 is 0 Å². The van der Waals surface area contributed by atoms with Crippen LogP contribution in [0.5, 0.6) is 5.75 Å². The van der Waals surface area contributed by atoms with Crippen LogP contribution in [0.4, 0.5) is 4.39 Å². The van der Waals surface area contributed by atoms with Crippen molar-refractivity contribution in [1.82, 2.24) is 15.1 Å². The second kappa shape index (κ2) is 11.9. The number of halogens is 1. The molecule has 0 unspecified atom stereocenters. The molecule has 6 heteroatoms. The van der Waals surface area contributed by atoms with E-state index in [-0.39, 0.29) is 18.2 Å². The van der Waals surface area contributed by atoms with Crippen molar-refractivity contribution in [2.75, 3.05) is 6.61 Å². The predicted octanol–water partition coefficient (Wildman–Crippen LogP) is 4.40. The Morgan fingerprint density at radius 2 is 2.07 bits per heavy atom. The zero-order chi connectivity index (χ0) is 21.1. The number of nitrogens with one attached hydrogen (secondary N) is 1. The number of amides is 1. The summed E-state index contributed by atoms with van der Waals surface area (Å²) in [6.07, 6.45) is 5.42. The molecule has 0 aliphatic rings. The predicted molar refractivity (Wildman–Crippen MR) is 112 cm³/mol. The molecule has 29 heavy (non-hydrogen) atoms. The first-order chi connectivity index (χ1) is 14.1. The molecule has 0 radical (unpaired) electrons. The van der Waals surface area contributed by atoms with Crippen molar-refractivity contribution in [3.8, 4) is 17.6 Å². The maximum atomic E-state index is 14.7. The number of nitrogens with zero attached hydrogens (tertiary/aromatic N) is 2. The van der Waals surface area contributed by atoms with Gasteiger partial charge in [0, 0.05) is 32.0 Å². The highest BCUT2D eigenvalue weighted by atomic mass is 19.1. The molecule has 1 aromatic heterocycles. The highest BCUT2D eigenvalue weighted by molar-refractivity contribution is 5.92. The molecule has 1 heterocycles. The fourth-order valence-electron chi connectivity index (χ4n) is 2.87. The molecule has 2 aromatic rings. The topological polar surface area (TPSA) is 56.1 Å². The Balaban J connectivity index is 1.83. The van der Waals surface area contributed by atoms with Crippen LogP contribution in [-0.4, -0.2) is 22.3 Å². The van der Waals surface area contributed by atoms with Crippen molar-refractivity contribution >= 4 is 5.91 Å². The maximum absolute atomic E-state index is 14.7. The second-order valence-corrected chi connectivity index (χ2v) is 6.78. The smallest absolute Gasteiger partial charge is 0.269 e. The Hall–Kier alpha value is -2.81. The zero-order valence-electron chi connectivity index (χ0n) is 17.6. The number of aryl methyl sites for hydroxylation is 2. The van der Waals surface area contributed by atoms with Gasteiger partial charge in [0.15, 0.2) is 11.6 Å². The molecule has 1 aromatic carbocycles. The molecule has 1 N–H and O–H groups in total. The van der Waals surface area contributed by atoms with Gasteiger partial charge in [0.1, 0.15) is 5.69 Å². The largest absolute Gasteiger partial charge is 0.491 e. The van der Waals surface area contributed by atoms with E-state index in [1.165, 1.54) is 4.68 Å². The van der Waals surface area contributed by atoms with Crippen LogP contribution in [-0.2, 0) is 20.0 Å². The number of hydrogen-bond acceptors (Lipinski definition) is 3. The Bertz CT molecular complexity index is 865. The quantitative estimate of drug-likeness (QED) is 0.476. The first-order valence-electron chi connectivity index (χ1n) is 10.2. The normalized spacial score (nSPS) is 10.3. The van der Waals surface area contributed by atoms with Crippen LogP contribution >= 0.6 is 0 Å². The molecule has 0 saturated heterocycles. The summed E-state index contributed by atoms with van der Waals surface area (Å²) >= 11 is 0. The third-order valence-corrected chi connectivity index (χ3v) is 4.51. The molecule has 0 bridgehead atoms. The van der Waals surface area contributed by atoms with Crippen molar-refractivity contribution in [3.63, 3.8) is 0 Å². The zero-order valence-corrected chi connectivity index (χ0v) is 17.6. The second-order valence-electron chi connectivity index (χ2n) is 6.78. The van der Waals surface area contributed by atoms with Gasteiger partial charge in [0.2, 0.25) is 0 Å². The van der Waals surface area contributed by atoms with E-state index in [0.29, 0.717) is 17.9 Å². The summed E-state index contributed by atoms with van der Waals surface area (Å²) in [7, 11) is 1.72. The number of carbonyl (C=O) groups is 1. The summed E-state index contributed by atoms with van der Waals surface area (Å²) in [5, 5.41) is 7.01. The van der Waals surface area contributed by atoms with Gasteiger partial charge in [-0.3, -0.25) is 9.48 Å². The molecule has 0 saturated carbocycles. The van der Waals surface area contributed by atoms with Crippen LogP contribution in [0.15, 0.2) is 24.3 Å². The van der Waals surface area contributed by atoms with Gasteiger partial charge in [-0.15, -0.1) is 11.8 Å². The summed E-state index contributed by atoms with van der Waals surface area (Å²) in [5.74, 6) is 5.67. The van der Waals surface area contributed by atoms with Crippen LogP contribution in [0.3, 0.4) is 0 Å². The Labute approximate surface area is 172 Å². The summed E-state index contributed by atoms with van der Waals surface area (Å²) < 4.78 is 21.8. The van der Waals surface area contributed by atoms with Crippen LogP contribution in [0.2, 0.25) is 0 Å². The van der Waals surface area contributed by atoms with Gasteiger partial charge in [-0.05, 0) is 37.8 Å². The molecule has 2 rings (SSSR count). The number of unbranched alkanes of at least 4 members (excludes halogenated alkanes) is 3. The summed E-state index contributed by atoms with van der Waals surface area (Å²) in [5.41, 5.74) is 1.69. The van der Waals surface area contributed by atoms with E-state index in [9.17, 15) is 9.18 Å². The molecule has 156 valence electrons. The lowest BCUT2D eigenvalue weighted by molar-refractivity contribution is 0.0941. The van der Waals surface area contributed by atoms with E-state index < -0.39 is 5.82 Å². The minimum Gasteiger partial charge on any atom is -0.491 e. The molecular formula is C23H30FN3O2. The molecule has 0 aliphatic heterocycles. The van der Waals surface area contributed by atoms with E-state index in [1.54, 1.807) is 31.3 Å². The van der Waals surface area contributed by atoms with E-state index >= 15 is 0 Å². The molecule has 0 aliphatic carbocycles. The van der Waals surface area contributed by atoms with Crippen molar-refractivity contribution in [2.24, 2.45) is 7.05 Å². The molecule has 1 amide bonds. The lowest BCUT2D eigenvalue weighted by Crippen LogP contribution is -2.25. The summed E-state index contributed by atoms with van der Waals surface area (Å²) in [6, 6.07) is 6.75. The fourth-order valence-corrected chi connectivity index (χ4v) is 2.87. The minimum atomic E-state index is -0.430. The average molecular weight is 400 g/mol. The monoisotopic (exact) mass is 399 g/mol. The number of rotatable bonds is 10. The fraction of sp³-hybridized carbons (Fsp3) is 0.478. The number of carbonyl (C=O) groups excluding carboxylic acids is 1. The van der Waals surface area contributed by atoms with Crippen LogP contribution in [0.1, 0.15) is 67.7 Å². The van der Waals surface area contributed by atoms with Gasteiger partial charge in [0.05, 0.1) is 12.3 Å². The number of benzene rings is 1. The highest BCUT2D eigenvalue weighted by Crippen LogP contribution is 2.21. The van der Waals surface area contributed by atoms with Gasteiger partial charge in [-0.1, -0.05) is 26.0 Å². The van der Waals surface area contributed by atoms with Crippen LogP contribution < -0.4 is 10.1 Å². The van der Waals surface area contributed by atoms with Gasteiger partial charge in [0.25, 0.3) is 5.91 Å². The first-order valence-corrected chi connectivity index (χ1v) is 10.2. The summed E-state index contributed by atoms with van der Waals surface area (Å²) in [6.45, 7) is 4.56. The van der Waals surface area contributed by atoms with Crippen molar-refractivity contribution in [1.29, 1.82) is 0 Å². The Morgan fingerprint density at radius 3 is 2.79 bits per heavy atom. The summed E-state index contributed by atoms with van der Waals surface area (Å²) in [4.78, 5) is 12.4. The third-order valence-electron chi connectivity index (χ3n) is 4.51. The third kappa shape index (κ3) is 6.94. The minimum absolute atomic E-state index is 0.0879. The maximum Gasteiger partial charge on any atom is 0.269 e. The van der Waals surface area contributed by atoms with Crippen LogP contribution in [0.25, 0.3) is 0 Å². The van der Waals surface area contributed by atoms with Gasteiger partial charge < -0.3 is 10.1 Å². The molecular weight excluding hydrogens is 369 g/mol. The average Bonchev–Trinajstić information content (AvgIpc) is 3.11. The molecule has 0 spiro atoms. The first kappa shape index (κ1) is 22.5. The Morgan fingerprint density at radius 1 is 1.24 bits per heavy atom.